The SMILES string of the molecule is Cc1noc(CNC(=O)NC(C(=O)O)c2cnn(C)c2)n1. The molecule has 0 radical (unpaired) electrons. The van der Waals surface area contributed by atoms with Gasteiger partial charge in [-0.2, -0.15) is 10.1 Å². The summed E-state index contributed by atoms with van der Waals surface area (Å²) in [6.45, 7) is 1.65. The molecule has 3 N–H and O–H groups in total. The molecule has 0 saturated heterocycles. The van der Waals surface area contributed by atoms with Gasteiger partial charge in [0.05, 0.1) is 12.7 Å². The lowest BCUT2D eigenvalue weighted by Gasteiger charge is -2.12. The lowest BCUT2D eigenvalue weighted by molar-refractivity contribution is -0.139. The summed E-state index contributed by atoms with van der Waals surface area (Å²) in [5.41, 5.74) is 0.369. The quantitative estimate of drug-likeness (QED) is 0.691. The van der Waals surface area contributed by atoms with Gasteiger partial charge < -0.3 is 20.3 Å². The van der Waals surface area contributed by atoms with Crippen LogP contribution in [0.1, 0.15) is 23.3 Å². The number of carbonyl (C=O) groups excluding carboxylic acids is 1. The van der Waals surface area contributed by atoms with E-state index in [2.05, 4.69) is 25.9 Å². The Morgan fingerprint density at radius 1 is 1.52 bits per heavy atom. The summed E-state index contributed by atoms with van der Waals surface area (Å²) in [4.78, 5) is 26.8. The zero-order chi connectivity index (χ0) is 15.4. The van der Waals surface area contributed by atoms with Gasteiger partial charge in [0.1, 0.15) is 0 Å². The average molecular weight is 294 g/mol. The number of urea groups is 1. The maximum Gasteiger partial charge on any atom is 0.331 e. The zero-order valence-corrected chi connectivity index (χ0v) is 11.4. The van der Waals surface area contributed by atoms with Gasteiger partial charge in [-0.25, -0.2) is 9.59 Å². The van der Waals surface area contributed by atoms with E-state index in [1.807, 2.05) is 0 Å². The van der Waals surface area contributed by atoms with Gasteiger partial charge in [0.2, 0.25) is 5.89 Å². The van der Waals surface area contributed by atoms with Crippen LogP contribution in [-0.4, -0.2) is 37.0 Å². The van der Waals surface area contributed by atoms with Gasteiger partial charge in [-0.3, -0.25) is 4.68 Å². The predicted octanol–water partition coefficient (Wildman–Crippen LogP) is -0.263. The number of nitrogens with zero attached hydrogens (tertiary/aromatic N) is 4. The van der Waals surface area contributed by atoms with Crippen LogP contribution in [0.15, 0.2) is 16.9 Å². The van der Waals surface area contributed by atoms with Gasteiger partial charge in [0, 0.05) is 18.8 Å². The molecule has 10 nitrogen and oxygen atoms in total. The van der Waals surface area contributed by atoms with Crippen LogP contribution >= 0.6 is 0 Å². The van der Waals surface area contributed by atoms with Crippen molar-refractivity contribution in [3.63, 3.8) is 0 Å². The number of carbonyl (C=O) groups is 2. The smallest absolute Gasteiger partial charge is 0.331 e. The van der Waals surface area contributed by atoms with E-state index in [1.54, 1.807) is 14.0 Å². The molecule has 0 aromatic carbocycles. The second kappa shape index (κ2) is 6.03. The number of hydrogen-bond acceptors (Lipinski definition) is 6. The molecular formula is C11H14N6O4. The predicted molar refractivity (Wildman–Crippen MR) is 68.0 cm³/mol. The molecule has 10 heteroatoms. The van der Waals surface area contributed by atoms with E-state index in [0.717, 1.165) is 0 Å². The van der Waals surface area contributed by atoms with Crippen LogP contribution in [0, 0.1) is 6.92 Å². The number of aryl methyl sites for hydroxylation is 2. The van der Waals surface area contributed by atoms with Crippen LogP contribution < -0.4 is 10.6 Å². The minimum absolute atomic E-state index is 0.00600. The summed E-state index contributed by atoms with van der Waals surface area (Å²) < 4.78 is 6.27. The Labute approximate surface area is 119 Å². The molecule has 2 rings (SSSR count). The van der Waals surface area contributed by atoms with E-state index in [0.29, 0.717) is 11.4 Å². The van der Waals surface area contributed by atoms with Crippen molar-refractivity contribution in [3.8, 4) is 0 Å². The summed E-state index contributed by atoms with van der Waals surface area (Å²) >= 11 is 0. The highest BCUT2D eigenvalue weighted by Gasteiger charge is 2.23. The molecule has 2 amide bonds. The van der Waals surface area contributed by atoms with Gasteiger partial charge >= 0.3 is 12.0 Å². The van der Waals surface area contributed by atoms with Crippen molar-refractivity contribution in [1.82, 2.24) is 30.6 Å². The van der Waals surface area contributed by atoms with Crippen LogP contribution in [0.25, 0.3) is 0 Å². The fourth-order valence-electron chi connectivity index (χ4n) is 1.63. The van der Waals surface area contributed by atoms with Crippen molar-refractivity contribution in [1.29, 1.82) is 0 Å². The second-order valence-electron chi connectivity index (χ2n) is 4.28. The van der Waals surface area contributed by atoms with Gasteiger partial charge in [-0.05, 0) is 6.92 Å². The highest BCUT2D eigenvalue weighted by Crippen LogP contribution is 2.11. The normalized spacial score (nSPS) is 11.9. The molecule has 0 aliphatic carbocycles. The van der Waals surface area contributed by atoms with Crippen LogP contribution in [0.2, 0.25) is 0 Å². The van der Waals surface area contributed by atoms with Crippen LogP contribution in [-0.2, 0) is 18.4 Å². The van der Waals surface area contributed by atoms with Crippen LogP contribution in [0.5, 0.6) is 0 Å². The van der Waals surface area contributed by atoms with E-state index in [4.69, 9.17) is 9.63 Å². The largest absolute Gasteiger partial charge is 0.479 e. The van der Waals surface area contributed by atoms with Crippen LogP contribution in [0.4, 0.5) is 4.79 Å². The summed E-state index contributed by atoms with van der Waals surface area (Å²) in [7, 11) is 1.65. The van der Waals surface area contributed by atoms with Crippen LogP contribution in [0.3, 0.4) is 0 Å². The van der Waals surface area contributed by atoms with Gasteiger partial charge in [0.15, 0.2) is 11.9 Å². The Kier molecular flexibility index (Phi) is 4.16. The van der Waals surface area contributed by atoms with E-state index in [1.165, 1.54) is 17.1 Å². The fourth-order valence-corrected chi connectivity index (χ4v) is 1.63. The number of aliphatic carboxylic acids is 1. The third-order valence-electron chi connectivity index (χ3n) is 2.55. The average Bonchev–Trinajstić information content (AvgIpc) is 3.02. The van der Waals surface area contributed by atoms with Crippen molar-refractivity contribution in [2.75, 3.05) is 0 Å². The number of carboxylic acids is 1. The van der Waals surface area contributed by atoms with Gasteiger partial charge in [0.25, 0.3) is 0 Å². The number of amides is 2. The zero-order valence-electron chi connectivity index (χ0n) is 11.4. The van der Waals surface area contributed by atoms with Crippen molar-refractivity contribution < 1.29 is 19.2 Å². The maximum atomic E-state index is 11.7. The van der Waals surface area contributed by atoms with Gasteiger partial charge in [-0.15, -0.1) is 0 Å². The summed E-state index contributed by atoms with van der Waals surface area (Å²) in [6.07, 6.45) is 2.89. The molecule has 0 bridgehead atoms. The molecule has 0 aliphatic heterocycles. The number of rotatable bonds is 5. The molecule has 0 saturated carbocycles. The van der Waals surface area contributed by atoms with Crippen molar-refractivity contribution in [3.05, 3.63) is 29.7 Å². The lowest BCUT2D eigenvalue weighted by atomic mass is 10.1. The molecule has 21 heavy (non-hydrogen) atoms. The molecule has 0 aliphatic rings. The lowest BCUT2D eigenvalue weighted by Crippen LogP contribution is -2.40. The number of carboxylic acid groups (broad SMARTS) is 1. The Bertz CT molecular complexity index is 649. The first-order valence-corrected chi connectivity index (χ1v) is 6.00. The Balaban J connectivity index is 1.94. The minimum Gasteiger partial charge on any atom is -0.479 e. The molecule has 1 atom stereocenters. The standard InChI is InChI=1S/C11H14N6O4/c1-6-14-8(21-16-6)4-12-11(20)15-9(10(18)19)7-3-13-17(2)5-7/h3,5,9H,4H2,1-2H3,(H,18,19)(H2,12,15,20). The third-order valence-corrected chi connectivity index (χ3v) is 2.55. The van der Waals surface area contributed by atoms with E-state index < -0.39 is 18.0 Å². The molecule has 2 heterocycles. The van der Waals surface area contributed by atoms with E-state index in [9.17, 15) is 9.59 Å². The molecule has 2 aromatic rings. The first kappa shape index (κ1) is 14.5. The third kappa shape index (κ3) is 3.78. The monoisotopic (exact) mass is 294 g/mol. The topological polar surface area (TPSA) is 135 Å². The Morgan fingerprint density at radius 3 is 2.81 bits per heavy atom. The molecule has 1 unspecified atom stereocenters. The summed E-state index contributed by atoms with van der Waals surface area (Å²) in [5.74, 6) is -0.506. The molecule has 0 spiro atoms. The minimum atomic E-state index is -1.19. The molecular weight excluding hydrogens is 280 g/mol. The maximum absolute atomic E-state index is 11.7. The first-order chi connectivity index (χ1) is 9.95. The number of nitrogens with one attached hydrogen (secondary N) is 2. The molecule has 112 valence electrons. The molecule has 2 aromatic heterocycles. The first-order valence-electron chi connectivity index (χ1n) is 6.00. The Morgan fingerprint density at radius 2 is 2.29 bits per heavy atom. The van der Waals surface area contributed by atoms with E-state index >= 15 is 0 Å². The molecule has 0 fully saturated rings. The summed E-state index contributed by atoms with van der Waals surface area (Å²) in [5, 5.41) is 21.4. The van der Waals surface area contributed by atoms with Crippen molar-refractivity contribution in [2.24, 2.45) is 7.05 Å². The fraction of sp³-hybridized carbons (Fsp3) is 0.364. The van der Waals surface area contributed by atoms with Crippen molar-refractivity contribution in [2.45, 2.75) is 19.5 Å². The van der Waals surface area contributed by atoms with Crippen molar-refractivity contribution >= 4 is 12.0 Å². The highest BCUT2D eigenvalue weighted by atomic mass is 16.5. The second-order valence-corrected chi connectivity index (χ2v) is 4.28. The Hall–Kier alpha value is -2.91. The highest BCUT2D eigenvalue weighted by molar-refractivity contribution is 5.83. The number of hydrogen-bond donors (Lipinski definition) is 3. The van der Waals surface area contributed by atoms with Gasteiger partial charge in [-0.1, -0.05) is 5.16 Å². The van der Waals surface area contributed by atoms with E-state index in [-0.39, 0.29) is 12.4 Å². The number of aromatic nitrogens is 4. The summed E-state index contributed by atoms with van der Waals surface area (Å²) in [6, 6.07) is -1.86.